The molecule has 1 unspecified atom stereocenters. The fourth-order valence-electron chi connectivity index (χ4n) is 1.70. The lowest BCUT2D eigenvalue weighted by molar-refractivity contribution is 0.562. The lowest BCUT2D eigenvalue weighted by Crippen LogP contribution is -2.19. The molecule has 1 rings (SSSR count). The molecule has 0 fully saturated rings. The zero-order valence-electron chi connectivity index (χ0n) is 9.76. The van der Waals surface area contributed by atoms with Crippen LogP contribution >= 0.6 is 11.3 Å². The standard InChI is InChI=1S/C13H19NS/c1-5-6-7-8-14-11(3)13-9-10(2)15-12(13)4/h1,9,11,14H,6-8H2,2-4H3. The van der Waals surface area contributed by atoms with Crippen LogP contribution in [0, 0.1) is 26.2 Å². The van der Waals surface area contributed by atoms with Gasteiger partial charge in [0.05, 0.1) is 0 Å². The first-order chi connectivity index (χ1) is 7.15. The average molecular weight is 221 g/mol. The Kier molecular flexibility index (Phi) is 4.87. The van der Waals surface area contributed by atoms with E-state index in [-0.39, 0.29) is 0 Å². The van der Waals surface area contributed by atoms with E-state index in [9.17, 15) is 0 Å². The summed E-state index contributed by atoms with van der Waals surface area (Å²) in [6, 6.07) is 2.71. The van der Waals surface area contributed by atoms with Crippen molar-refractivity contribution in [2.75, 3.05) is 6.54 Å². The van der Waals surface area contributed by atoms with Crippen molar-refractivity contribution in [3.63, 3.8) is 0 Å². The summed E-state index contributed by atoms with van der Waals surface area (Å²) in [6.45, 7) is 7.56. The summed E-state index contributed by atoms with van der Waals surface area (Å²) in [4.78, 5) is 2.81. The van der Waals surface area contributed by atoms with Gasteiger partial charge in [-0.05, 0) is 45.4 Å². The first-order valence-corrected chi connectivity index (χ1v) is 6.20. The number of unbranched alkanes of at least 4 members (excludes halogenated alkanes) is 1. The van der Waals surface area contributed by atoms with E-state index in [4.69, 9.17) is 6.42 Å². The van der Waals surface area contributed by atoms with Gasteiger partial charge in [-0.25, -0.2) is 0 Å². The minimum atomic E-state index is 0.438. The van der Waals surface area contributed by atoms with Crippen LogP contribution in [-0.4, -0.2) is 6.54 Å². The Hall–Kier alpha value is -0.780. The van der Waals surface area contributed by atoms with Crippen molar-refractivity contribution in [2.45, 2.75) is 39.7 Å². The van der Waals surface area contributed by atoms with Gasteiger partial charge in [-0.15, -0.1) is 23.7 Å². The summed E-state index contributed by atoms with van der Waals surface area (Å²) in [7, 11) is 0. The van der Waals surface area contributed by atoms with Gasteiger partial charge in [-0.2, -0.15) is 0 Å². The average Bonchev–Trinajstić information content (AvgIpc) is 2.52. The summed E-state index contributed by atoms with van der Waals surface area (Å²) in [6.07, 6.45) is 7.13. The lowest BCUT2D eigenvalue weighted by atomic mass is 10.1. The molecule has 0 aliphatic rings. The van der Waals surface area contributed by atoms with Crippen molar-refractivity contribution in [1.29, 1.82) is 0 Å². The first kappa shape index (κ1) is 12.3. The van der Waals surface area contributed by atoms with E-state index in [1.54, 1.807) is 0 Å². The van der Waals surface area contributed by atoms with E-state index < -0.39 is 0 Å². The Balaban J connectivity index is 2.43. The van der Waals surface area contributed by atoms with E-state index >= 15 is 0 Å². The quantitative estimate of drug-likeness (QED) is 0.593. The van der Waals surface area contributed by atoms with Gasteiger partial charge in [-0.1, -0.05) is 0 Å². The highest BCUT2D eigenvalue weighted by atomic mass is 32.1. The normalized spacial score (nSPS) is 12.4. The Labute approximate surface area is 96.9 Å². The highest BCUT2D eigenvalue weighted by molar-refractivity contribution is 7.12. The molecule has 0 saturated carbocycles. The number of thiophene rings is 1. The zero-order valence-corrected chi connectivity index (χ0v) is 10.6. The van der Waals surface area contributed by atoms with Crippen molar-refractivity contribution in [3.8, 4) is 12.3 Å². The zero-order chi connectivity index (χ0) is 11.3. The fourth-order valence-corrected chi connectivity index (χ4v) is 2.72. The van der Waals surface area contributed by atoms with E-state index in [0.717, 1.165) is 19.4 Å². The second kappa shape index (κ2) is 5.95. The van der Waals surface area contributed by atoms with Crippen LogP contribution in [0.3, 0.4) is 0 Å². The second-order valence-electron chi connectivity index (χ2n) is 3.85. The monoisotopic (exact) mass is 221 g/mol. The molecule has 1 N–H and O–H groups in total. The Morgan fingerprint density at radius 2 is 2.27 bits per heavy atom. The van der Waals surface area contributed by atoms with Gasteiger partial charge in [0.2, 0.25) is 0 Å². The van der Waals surface area contributed by atoms with Crippen molar-refractivity contribution < 1.29 is 0 Å². The molecule has 1 heterocycles. The molecule has 0 aliphatic carbocycles. The van der Waals surface area contributed by atoms with Gasteiger partial charge in [0.1, 0.15) is 0 Å². The lowest BCUT2D eigenvalue weighted by Gasteiger charge is -2.13. The van der Waals surface area contributed by atoms with E-state index in [0.29, 0.717) is 6.04 Å². The molecule has 0 saturated heterocycles. The van der Waals surface area contributed by atoms with Crippen LogP contribution in [-0.2, 0) is 0 Å². The number of rotatable bonds is 5. The molecule has 0 bridgehead atoms. The molecule has 82 valence electrons. The number of hydrogen-bond acceptors (Lipinski definition) is 2. The molecule has 0 aromatic carbocycles. The molecule has 0 aliphatic heterocycles. The van der Waals surface area contributed by atoms with Crippen molar-refractivity contribution in [2.24, 2.45) is 0 Å². The minimum absolute atomic E-state index is 0.438. The molecule has 0 radical (unpaired) electrons. The Morgan fingerprint density at radius 3 is 2.80 bits per heavy atom. The predicted molar refractivity (Wildman–Crippen MR) is 68.3 cm³/mol. The number of aryl methyl sites for hydroxylation is 2. The van der Waals surface area contributed by atoms with Crippen LogP contribution in [0.4, 0.5) is 0 Å². The van der Waals surface area contributed by atoms with Crippen LogP contribution in [0.2, 0.25) is 0 Å². The van der Waals surface area contributed by atoms with Crippen molar-refractivity contribution in [3.05, 3.63) is 21.4 Å². The highest BCUT2D eigenvalue weighted by Crippen LogP contribution is 2.25. The van der Waals surface area contributed by atoms with Gasteiger partial charge in [0.25, 0.3) is 0 Å². The van der Waals surface area contributed by atoms with Crippen molar-refractivity contribution in [1.82, 2.24) is 5.32 Å². The molecule has 0 spiro atoms. The summed E-state index contributed by atoms with van der Waals surface area (Å²) in [5, 5.41) is 3.50. The summed E-state index contributed by atoms with van der Waals surface area (Å²) in [5.41, 5.74) is 1.43. The van der Waals surface area contributed by atoms with Gasteiger partial charge in [0, 0.05) is 22.2 Å². The van der Waals surface area contributed by atoms with Gasteiger partial charge in [0.15, 0.2) is 0 Å². The molecular formula is C13H19NS. The molecular weight excluding hydrogens is 202 g/mol. The molecule has 0 amide bonds. The third-order valence-electron chi connectivity index (χ3n) is 2.49. The topological polar surface area (TPSA) is 12.0 Å². The Morgan fingerprint density at radius 1 is 1.53 bits per heavy atom. The maximum absolute atomic E-state index is 5.21. The van der Waals surface area contributed by atoms with Gasteiger partial charge >= 0.3 is 0 Å². The highest BCUT2D eigenvalue weighted by Gasteiger charge is 2.09. The van der Waals surface area contributed by atoms with Gasteiger partial charge < -0.3 is 5.32 Å². The van der Waals surface area contributed by atoms with E-state index in [1.165, 1.54) is 15.3 Å². The molecule has 1 aromatic heterocycles. The number of nitrogens with one attached hydrogen (secondary N) is 1. The largest absolute Gasteiger partial charge is 0.310 e. The number of hydrogen-bond donors (Lipinski definition) is 1. The van der Waals surface area contributed by atoms with Crippen LogP contribution in [0.1, 0.15) is 41.1 Å². The Bertz CT molecular complexity index is 346. The van der Waals surface area contributed by atoms with E-state index in [1.807, 2.05) is 11.3 Å². The van der Waals surface area contributed by atoms with Crippen molar-refractivity contribution >= 4 is 11.3 Å². The van der Waals surface area contributed by atoms with Crippen LogP contribution < -0.4 is 5.32 Å². The molecule has 1 aromatic rings. The maximum atomic E-state index is 5.21. The summed E-state index contributed by atoms with van der Waals surface area (Å²) in [5.74, 6) is 2.66. The van der Waals surface area contributed by atoms with Crippen LogP contribution in [0.5, 0.6) is 0 Å². The smallest absolute Gasteiger partial charge is 0.0302 e. The van der Waals surface area contributed by atoms with Crippen LogP contribution in [0.15, 0.2) is 6.07 Å². The third-order valence-corrected chi connectivity index (χ3v) is 3.48. The van der Waals surface area contributed by atoms with E-state index in [2.05, 4.69) is 38.1 Å². The third kappa shape index (κ3) is 3.70. The fraction of sp³-hybridized carbons (Fsp3) is 0.538. The SMILES string of the molecule is C#CCCCNC(C)c1cc(C)sc1C. The molecule has 2 heteroatoms. The second-order valence-corrected chi connectivity index (χ2v) is 5.31. The summed E-state index contributed by atoms with van der Waals surface area (Å²) < 4.78 is 0. The number of terminal acetylenes is 1. The minimum Gasteiger partial charge on any atom is -0.310 e. The summed E-state index contributed by atoms with van der Waals surface area (Å²) >= 11 is 1.87. The maximum Gasteiger partial charge on any atom is 0.0302 e. The predicted octanol–water partition coefficient (Wildman–Crippen LogP) is 3.43. The van der Waals surface area contributed by atoms with Crippen LogP contribution in [0.25, 0.3) is 0 Å². The first-order valence-electron chi connectivity index (χ1n) is 5.39. The molecule has 1 atom stereocenters. The molecule has 1 nitrogen and oxygen atoms in total. The molecule has 15 heavy (non-hydrogen) atoms. The van der Waals surface area contributed by atoms with Gasteiger partial charge in [-0.3, -0.25) is 0 Å².